The average molecular weight is 859 g/mol. The number of rotatable bonds is 17. The minimum Gasteiger partial charge on any atom is -0.488 e. The summed E-state index contributed by atoms with van der Waals surface area (Å²) in [5, 5.41) is 7.26. The maximum atomic E-state index is 14.0. The molecule has 1 aliphatic heterocycles. The van der Waals surface area contributed by atoms with E-state index in [0.29, 0.717) is 37.8 Å². The van der Waals surface area contributed by atoms with E-state index in [2.05, 4.69) is 63.5 Å². The highest BCUT2D eigenvalue weighted by molar-refractivity contribution is 6.07. The maximum Gasteiger partial charge on any atom is 0.407 e. The summed E-state index contributed by atoms with van der Waals surface area (Å²) in [6, 6.07) is 12.7. The fourth-order valence-electron chi connectivity index (χ4n) is 7.68. The number of fused-ring (bicyclic) bond motifs is 6. The zero-order valence-electron chi connectivity index (χ0n) is 37.2. The lowest BCUT2D eigenvalue weighted by Gasteiger charge is -2.34. The van der Waals surface area contributed by atoms with E-state index < -0.39 is 29.7 Å². The molecule has 6 rings (SSSR count). The second-order valence-electron chi connectivity index (χ2n) is 17.1. The van der Waals surface area contributed by atoms with Crippen LogP contribution >= 0.6 is 0 Å². The summed E-state index contributed by atoms with van der Waals surface area (Å²) < 4.78 is 16.0. The van der Waals surface area contributed by atoms with Crippen LogP contribution in [0.25, 0.3) is 44.2 Å². The number of carbonyl (C=O) groups excluding carboxylic acids is 4. The number of hydrogen-bond donors (Lipinski definition) is 4. The van der Waals surface area contributed by atoms with Gasteiger partial charge in [0.2, 0.25) is 11.8 Å². The molecule has 3 heterocycles. The van der Waals surface area contributed by atoms with E-state index in [1.54, 1.807) is 34.2 Å². The van der Waals surface area contributed by atoms with Crippen LogP contribution in [0.2, 0.25) is 0 Å². The smallest absolute Gasteiger partial charge is 0.407 e. The number of nitrogens with zero attached hydrogens (tertiary/aromatic N) is 4. The van der Waals surface area contributed by atoms with E-state index in [-0.39, 0.29) is 36.7 Å². The van der Waals surface area contributed by atoms with Crippen LogP contribution < -0.4 is 15.4 Å². The first kappa shape index (κ1) is 45.6. The van der Waals surface area contributed by atoms with E-state index in [0.717, 1.165) is 55.5 Å². The molecule has 5 aromatic rings. The molecule has 332 valence electrons. The van der Waals surface area contributed by atoms with Crippen LogP contribution in [-0.4, -0.2) is 93.1 Å². The number of carbonyl (C=O) groups is 4. The van der Waals surface area contributed by atoms with Gasteiger partial charge in [0, 0.05) is 30.0 Å². The zero-order valence-corrected chi connectivity index (χ0v) is 37.2. The van der Waals surface area contributed by atoms with Gasteiger partial charge >= 0.3 is 12.2 Å². The number of hydrogen-bond acceptors (Lipinski definition) is 9. The third kappa shape index (κ3) is 10.3. The first-order valence-corrected chi connectivity index (χ1v) is 21.0. The normalized spacial score (nSPS) is 13.0. The molecular weight excluding hydrogens is 801 g/mol. The van der Waals surface area contributed by atoms with Crippen molar-refractivity contribution in [3.8, 4) is 28.1 Å². The molecule has 2 aromatic heterocycles. The monoisotopic (exact) mass is 858 g/mol. The first-order valence-electron chi connectivity index (χ1n) is 21.0. The average Bonchev–Trinajstić information content (AvgIpc) is 3.92. The molecule has 0 radical (unpaired) electrons. The molecule has 0 bridgehead atoms. The summed E-state index contributed by atoms with van der Waals surface area (Å²) in [6.45, 7) is 22.4. The number of methoxy groups -OCH3 is 2. The van der Waals surface area contributed by atoms with Crippen LogP contribution in [0.4, 0.5) is 9.59 Å². The van der Waals surface area contributed by atoms with Crippen molar-refractivity contribution in [1.29, 1.82) is 0 Å². The van der Waals surface area contributed by atoms with Gasteiger partial charge in [-0.05, 0) is 64.1 Å². The molecule has 1 aliphatic rings. The fourth-order valence-corrected chi connectivity index (χ4v) is 7.68. The van der Waals surface area contributed by atoms with Gasteiger partial charge in [-0.15, -0.1) is 19.7 Å². The molecule has 0 saturated heterocycles. The summed E-state index contributed by atoms with van der Waals surface area (Å²) in [5.74, 6) is 1.00. The Morgan fingerprint density at radius 3 is 2.27 bits per heavy atom. The Morgan fingerprint density at radius 2 is 1.60 bits per heavy atom. The molecule has 0 unspecified atom stereocenters. The Hall–Kier alpha value is -6.90. The second-order valence-corrected chi connectivity index (χ2v) is 17.1. The molecule has 0 aliphatic carbocycles. The summed E-state index contributed by atoms with van der Waals surface area (Å²) in [6.07, 6.45) is 6.18. The van der Waals surface area contributed by atoms with E-state index in [1.165, 1.54) is 14.2 Å². The number of aromatic amines is 2. The van der Waals surface area contributed by atoms with Crippen LogP contribution in [0.1, 0.15) is 58.3 Å². The van der Waals surface area contributed by atoms with Crippen molar-refractivity contribution in [3.63, 3.8) is 0 Å². The standard InChI is InChI=1S/C48H58N8O7/c1-11-14-19-55(45(58)43(48(6,7)8)54-47(60)62-10)25-39-49-23-37(51-39)31-15-17-33-32(20-31)27-63-38-22-34-30(21-35(33)38)16-18-36-42(34)52-40(50-36)26-56(24-29(12-2)13-3)44(57)41(28(4)5)53-46(59)61-9/h11-13,15-18,20-23,28-29,41,43H,1-3,14,19,24-27H2,4-10H3,(H,49,51)(H,50,52)(H,53,59)(H,54,60)/t41-,43+/m0/s1. The molecular formula is C48H58N8O7. The Balaban J connectivity index is 1.25. The predicted octanol–water partition coefficient (Wildman–Crippen LogP) is 8.04. The number of benzene rings is 3. The largest absolute Gasteiger partial charge is 0.488 e. The van der Waals surface area contributed by atoms with E-state index >= 15 is 0 Å². The summed E-state index contributed by atoms with van der Waals surface area (Å²) >= 11 is 0. The SMILES string of the molecule is C=CCCN(Cc1ncc(-c2ccc3c(c2)COc2cc4c(ccc5[nH]c(CN(CC(C=C)C=C)C(=O)[C@@H](NC(=O)OC)C(C)C)nc54)cc2-3)[nH]1)C(=O)[C@@H](NC(=O)OC)C(C)(C)C. The van der Waals surface area contributed by atoms with Gasteiger partial charge in [-0.25, -0.2) is 19.6 Å². The number of nitrogens with one attached hydrogen (secondary N) is 4. The predicted molar refractivity (Wildman–Crippen MR) is 243 cm³/mol. The molecule has 63 heavy (non-hydrogen) atoms. The van der Waals surface area contributed by atoms with Crippen LogP contribution in [0, 0.1) is 17.3 Å². The Morgan fingerprint density at radius 1 is 0.889 bits per heavy atom. The summed E-state index contributed by atoms with van der Waals surface area (Å²) in [5.41, 5.74) is 5.68. The van der Waals surface area contributed by atoms with Crippen molar-refractivity contribution >= 4 is 45.8 Å². The van der Waals surface area contributed by atoms with Crippen molar-refractivity contribution in [3.05, 3.63) is 104 Å². The lowest BCUT2D eigenvalue weighted by Crippen LogP contribution is -2.54. The molecule has 4 N–H and O–H groups in total. The van der Waals surface area contributed by atoms with Crippen molar-refractivity contribution in [2.75, 3.05) is 27.3 Å². The lowest BCUT2D eigenvalue weighted by atomic mass is 9.85. The zero-order chi connectivity index (χ0) is 45.6. The quantitative estimate of drug-likeness (QED) is 0.0673. The van der Waals surface area contributed by atoms with Gasteiger partial charge in [-0.3, -0.25) is 9.59 Å². The van der Waals surface area contributed by atoms with Crippen LogP contribution in [-0.2, 0) is 38.8 Å². The van der Waals surface area contributed by atoms with E-state index in [9.17, 15) is 19.2 Å². The minimum atomic E-state index is -0.819. The molecule has 4 amide bonds. The van der Waals surface area contributed by atoms with Crippen LogP contribution in [0.3, 0.4) is 0 Å². The molecule has 0 saturated carbocycles. The molecule has 2 atom stereocenters. The maximum absolute atomic E-state index is 14.0. The van der Waals surface area contributed by atoms with Gasteiger partial charge in [-0.1, -0.05) is 71.0 Å². The summed E-state index contributed by atoms with van der Waals surface area (Å²) in [4.78, 5) is 71.9. The summed E-state index contributed by atoms with van der Waals surface area (Å²) in [7, 11) is 2.54. The Bertz CT molecular complexity index is 2520. The minimum absolute atomic E-state index is 0.159. The van der Waals surface area contributed by atoms with Gasteiger partial charge in [0.25, 0.3) is 0 Å². The highest BCUT2D eigenvalue weighted by Gasteiger charge is 2.36. The number of aromatic nitrogens is 4. The highest BCUT2D eigenvalue weighted by Crippen LogP contribution is 2.42. The molecule has 15 nitrogen and oxygen atoms in total. The molecule has 0 fully saturated rings. The number of H-pyrrole nitrogens is 2. The van der Waals surface area contributed by atoms with Gasteiger partial charge in [0.1, 0.15) is 36.1 Å². The third-order valence-corrected chi connectivity index (χ3v) is 11.2. The fraction of sp³-hybridized carbons (Fsp3) is 0.375. The molecule has 15 heteroatoms. The van der Waals surface area contributed by atoms with Gasteiger partial charge in [0.05, 0.1) is 50.2 Å². The molecule has 3 aromatic carbocycles. The van der Waals surface area contributed by atoms with Crippen molar-refractivity contribution in [2.24, 2.45) is 17.3 Å². The number of imidazole rings is 2. The number of ether oxygens (including phenoxy) is 3. The van der Waals surface area contributed by atoms with Crippen LogP contribution in [0.5, 0.6) is 5.75 Å². The van der Waals surface area contributed by atoms with E-state index in [4.69, 9.17) is 19.2 Å². The third-order valence-electron chi connectivity index (χ3n) is 11.2. The molecule has 0 spiro atoms. The van der Waals surface area contributed by atoms with Gasteiger partial charge in [-0.2, -0.15) is 0 Å². The van der Waals surface area contributed by atoms with Gasteiger partial charge in [0.15, 0.2) is 0 Å². The van der Waals surface area contributed by atoms with Gasteiger partial charge < -0.3 is 44.6 Å². The van der Waals surface area contributed by atoms with Crippen molar-refractivity contribution in [1.82, 2.24) is 40.4 Å². The van der Waals surface area contributed by atoms with Crippen molar-refractivity contribution in [2.45, 2.75) is 72.8 Å². The first-order chi connectivity index (χ1) is 30.1. The Kier molecular flexibility index (Phi) is 14.1. The number of alkyl carbamates (subject to hydrolysis) is 2. The Labute approximate surface area is 368 Å². The number of amides is 4. The lowest BCUT2D eigenvalue weighted by molar-refractivity contribution is -0.137. The highest BCUT2D eigenvalue weighted by atomic mass is 16.5. The van der Waals surface area contributed by atoms with E-state index in [1.807, 2.05) is 58.9 Å². The van der Waals surface area contributed by atoms with Crippen molar-refractivity contribution < 1.29 is 33.4 Å². The van der Waals surface area contributed by atoms with Crippen LogP contribution in [0.15, 0.2) is 86.6 Å². The second kappa shape index (κ2) is 19.4. The topological polar surface area (TPSA) is 184 Å².